The second kappa shape index (κ2) is 8.21. The van der Waals surface area contributed by atoms with Crippen molar-refractivity contribution < 1.29 is 19.4 Å². The normalized spacial score (nSPS) is 10.6. The standard InChI is InChI=1S/C17H17ClN2O4/c1-11-7-13(18)4-6-16(11)24-10-17(22)20-19-9-12-3-5-14(23-2)8-15(12)21/h3-9,21H,10H2,1-2H3,(H,20,22). The third kappa shape index (κ3) is 4.89. The Morgan fingerprint density at radius 3 is 2.79 bits per heavy atom. The Labute approximate surface area is 144 Å². The van der Waals surface area contributed by atoms with Gasteiger partial charge < -0.3 is 14.6 Å². The number of amides is 1. The van der Waals surface area contributed by atoms with Gasteiger partial charge in [-0.25, -0.2) is 5.43 Å². The number of carbonyl (C=O) groups excluding carboxylic acids is 1. The van der Waals surface area contributed by atoms with E-state index in [1.807, 2.05) is 6.92 Å². The van der Waals surface area contributed by atoms with Crippen molar-refractivity contribution in [3.63, 3.8) is 0 Å². The lowest BCUT2D eigenvalue weighted by molar-refractivity contribution is -0.123. The highest BCUT2D eigenvalue weighted by Crippen LogP contribution is 2.22. The van der Waals surface area contributed by atoms with Crippen molar-refractivity contribution in [2.75, 3.05) is 13.7 Å². The van der Waals surface area contributed by atoms with Crippen LogP contribution in [0.1, 0.15) is 11.1 Å². The van der Waals surface area contributed by atoms with Crippen LogP contribution < -0.4 is 14.9 Å². The van der Waals surface area contributed by atoms with E-state index < -0.39 is 5.91 Å². The van der Waals surface area contributed by atoms with Crippen molar-refractivity contribution in [1.82, 2.24) is 5.43 Å². The van der Waals surface area contributed by atoms with Crippen molar-refractivity contribution in [1.29, 1.82) is 0 Å². The number of hydrogen-bond acceptors (Lipinski definition) is 5. The van der Waals surface area contributed by atoms with Crippen molar-refractivity contribution in [2.24, 2.45) is 5.10 Å². The van der Waals surface area contributed by atoms with Crippen molar-refractivity contribution >= 4 is 23.7 Å². The molecular formula is C17H17ClN2O4. The molecule has 0 aromatic heterocycles. The fourth-order valence-electron chi connectivity index (χ4n) is 1.88. The van der Waals surface area contributed by atoms with Crippen molar-refractivity contribution in [2.45, 2.75) is 6.92 Å². The molecule has 0 aliphatic heterocycles. The zero-order chi connectivity index (χ0) is 17.5. The van der Waals surface area contributed by atoms with Crippen LogP contribution in [0.4, 0.5) is 0 Å². The second-order valence-electron chi connectivity index (χ2n) is 4.92. The van der Waals surface area contributed by atoms with E-state index in [0.717, 1.165) is 5.56 Å². The van der Waals surface area contributed by atoms with Gasteiger partial charge in [0.05, 0.1) is 13.3 Å². The van der Waals surface area contributed by atoms with Gasteiger partial charge >= 0.3 is 0 Å². The number of methoxy groups -OCH3 is 1. The highest BCUT2D eigenvalue weighted by molar-refractivity contribution is 6.30. The van der Waals surface area contributed by atoms with Crippen LogP contribution in [-0.4, -0.2) is 30.9 Å². The summed E-state index contributed by atoms with van der Waals surface area (Å²) in [7, 11) is 1.51. The number of aryl methyl sites for hydroxylation is 1. The Morgan fingerprint density at radius 2 is 2.12 bits per heavy atom. The van der Waals surface area contributed by atoms with Gasteiger partial charge in [0.25, 0.3) is 5.91 Å². The molecule has 0 atom stereocenters. The highest BCUT2D eigenvalue weighted by Gasteiger charge is 2.05. The predicted molar refractivity (Wildman–Crippen MR) is 92.1 cm³/mol. The molecule has 1 amide bonds. The number of halogens is 1. The minimum Gasteiger partial charge on any atom is -0.507 e. The summed E-state index contributed by atoms with van der Waals surface area (Å²) in [5, 5.41) is 14.2. The summed E-state index contributed by atoms with van der Waals surface area (Å²) in [4.78, 5) is 11.7. The maximum atomic E-state index is 11.7. The summed E-state index contributed by atoms with van der Waals surface area (Å²) in [5.41, 5.74) is 3.61. The topological polar surface area (TPSA) is 80.2 Å². The Kier molecular flexibility index (Phi) is 6.03. The molecule has 2 rings (SSSR count). The summed E-state index contributed by atoms with van der Waals surface area (Å²) in [6.45, 7) is 1.65. The Hall–Kier alpha value is -2.73. The Balaban J connectivity index is 1.86. The van der Waals surface area contributed by atoms with E-state index in [4.69, 9.17) is 21.1 Å². The van der Waals surface area contributed by atoms with Gasteiger partial charge in [-0.05, 0) is 42.8 Å². The van der Waals surface area contributed by atoms with E-state index in [1.165, 1.54) is 19.4 Å². The first-order valence-corrected chi connectivity index (χ1v) is 7.45. The number of hydrogen-bond donors (Lipinski definition) is 2. The van der Waals surface area contributed by atoms with Crippen LogP contribution in [0.3, 0.4) is 0 Å². The third-order valence-electron chi connectivity index (χ3n) is 3.13. The van der Waals surface area contributed by atoms with E-state index in [2.05, 4.69) is 10.5 Å². The highest BCUT2D eigenvalue weighted by atomic mass is 35.5. The molecule has 0 aliphatic carbocycles. The maximum absolute atomic E-state index is 11.7. The molecule has 2 N–H and O–H groups in total. The fraction of sp³-hybridized carbons (Fsp3) is 0.176. The van der Waals surface area contributed by atoms with Gasteiger partial charge in [-0.3, -0.25) is 4.79 Å². The number of phenols is 1. The number of phenolic OH excluding ortho intramolecular Hbond substituents is 1. The van der Waals surface area contributed by atoms with Crippen LogP contribution in [-0.2, 0) is 4.79 Å². The minimum absolute atomic E-state index is 0.000359. The molecule has 6 nitrogen and oxygen atoms in total. The lowest BCUT2D eigenvalue weighted by Gasteiger charge is -2.08. The summed E-state index contributed by atoms with van der Waals surface area (Å²) in [5.74, 6) is 0.681. The number of hydrazone groups is 1. The average Bonchev–Trinajstić information content (AvgIpc) is 2.55. The zero-order valence-electron chi connectivity index (χ0n) is 13.2. The number of benzene rings is 2. The molecule has 0 saturated heterocycles. The molecule has 0 spiro atoms. The molecule has 2 aromatic carbocycles. The molecular weight excluding hydrogens is 332 g/mol. The van der Waals surface area contributed by atoms with Gasteiger partial charge in [-0.1, -0.05) is 11.6 Å². The van der Waals surface area contributed by atoms with E-state index in [9.17, 15) is 9.90 Å². The number of nitrogens with one attached hydrogen (secondary N) is 1. The number of carbonyl (C=O) groups is 1. The molecule has 0 unspecified atom stereocenters. The van der Waals surface area contributed by atoms with Crippen molar-refractivity contribution in [3.8, 4) is 17.2 Å². The van der Waals surface area contributed by atoms with Crippen LogP contribution in [0.15, 0.2) is 41.5 Å². The van der Waals surface area contributed by atoms with Gasteiger partial charge in [0.15, 0.2) is 6.61 Å². The first-order valence-electron chi connectivity index (χ1n) is 7.07. The molecule has 7 heteroatoms. The van der Waals surface area contributed by atoms with Crippen LogP contribution >= 0.6 is 11.6 Å². The first-order chi connectivity index (χ1) is 11.5. The number of nitrogens with zero attached hydrogens (tertiary/aromatic N) is 1. The molecule has 0 radical (unpaired) electrons. The number of rotatable bonds is 6. The number of ether oxygens (including phenoxy) is 2. The quantitative estimate of drug-likeness (QED) is 0.621. The first kappa shape index (κ1) is 17.6. The van der Waals surface area contributed by atoms with Crippen LogP contribution in [0.2, 0.25) is 5.02 Å². The summed E-state index contributed by atoms with van der Waals surface area (Å²) < 4.78 is 10.4. The SMILES string of the molecule is COc1ccc(C=NNC(=O)COc2ccc(Cl)cc2C)c(O)c1. The molecule has 0 aliphatic rings. The molecule has 0 bridgehead atoms. The van der Waals surface area contributed by atoms with Crippen LogP contribution in [0.25, 0.3) is 0 Å². The lowest BCUT2D eigenvalue weighted by atomic mass is 10.2. The molecule has 2 aromatic rings. The summed E-state index contributed by atoms with van der Waals surface area (Å²) in [6, 6.07) is 9.89. The zero-order valence-corrected chi connectivity index (χ0v) is 14.0. The molecule has 0 saturated carbocycles. The summed E-state index contributed by atoms with van der Waals surface area (Å²) in [6.07, 6.45) is 1.33. The minimum atomic E-state index is -0.423. The van der Waals surface area contributed by atoms with Gasteiger partial charge in [-0.15, -0.1) is 0 Å². The van der Waals surface area contributed by atoms with E-state index >= 15 is 0 Å². The van der Waals surface area contributed by atoms with Crippen LogP contribution in [0, 0.1) is 6.92 Å². The number of aromatic hydroxyl groups is 1. The molecule has 0 fully saturated rings. The Bertz CT molecular complexity index is 762. The molecule has 0 heterocycles. The van der Waals surface area contributed by atoms with E-state index in [-0.39, 0.29) is 12.4 Å². The average molecular weight is 349 g/mol. The summed E-state index contributed by atoms with van der Waals surface area (Å²) >= 11 is 5.86. The smallest absolute Gasteiger partial charge is 0.277 e. The predicted octanol–water partition coefficient (Wildman–Crippen LogP) is 2.89. The van der Waals surface area contributed by atoms with Crippen LogP contribution in [0.5, 0.6) is 17.2 Å². The molecule has 24 heavy (non-hydrogen) atoms. The lowest BCUT2D eigenvalue weighted by Crippen LogP contribution is -2.24. The van der Waals surface area contributed by atoms with Gasteiger partial charge in [0, 0.05) is 16.7 Å². The van der Waals surface area contributed by atoms with Gasteiger partial charge in [0.1, 0.15) is 17.2 Å². The monoisotopic (exact) mass is 348 g/mol. The van der Waals surface area contributed by atoms with E-state index in [1.54, 1.807) is 30.3 Å². The third-order valence-corrected chi connectivity index (χ3v) is 3.36. The van der Waals surface area contributed by atoms with E-state index in [0.29, 0.717) is 22.1 Å². The van der Waals surface area contributed by atoms with Crippen molar-refractivity contribution in [3.05, 3.63) is 52.5 Å². The Morgan fingerprint density at radius 1 is 1.33 bits per heavy atom. The van der Waals surface area contributed by atoms with Gasteiger partial charge in [0.2, 0.25) is 0 Å². The maximum Gasteiger partial charge on any atom is 0.277 e. The van der Waals surface area contributed by atoms with Gasteiger partial charge in [-0.2, -0.15) is 5.10 Å². The second-order valence-corrected chi connectivity index (χ2v) is 5.35. The fourth-order valence-corrected chi connectivity index (χ4v) is 2.11. The molecule has 126 valence electrons. The largest absolute Gasteiger partial charge is 0.507 e.